The molecule has 10 nitrogen and oxygen atoms in total. The highest BCUT2D eigenvalue weighted by molar-refractivity contribution is 7.88. The van der Waals surface area contributed by atoms with Gasteiger partial charge in [0.05, 0.1) is 17.0 Å². The second kappa shape index (κ2) is 11.1. The van der Waals surface area contributed by atoms with E-state index < -0.39 is 27.5 Å². The maximum absolute atomic E-state index is 13.8. The van der Waals surface area contributed by atoms with Gasteiger partial charge in [-0.25, -0.2) is 27.7 Å². The number of aromatic nitrogens is 4. The number of carbonyl (C=O) groups is 1. The van der Waals surface area contributed by atoms with Crippen LogP contribution in [0.5, 0.6) is 0 Å². The fourth-order valence-corrected chi connectivity index (χ4v) is 5.36. The van der Waals surface area contributed by atoms with Crippen molar-refractivity contribution in [3.05, 3.63) is 53.1 Å². The molecule has 0 saturated carbocycles. The number of benzene rings is 1. The summed E-state index contributed by atoms with van der Waals surface area (Å²) in [7, 11) is -1.65. The van der Waals surface area contributed by atoms with Crippen molar-refractivity contribution in [3.8, 4) is 17.1 Å². The Morgan fingerprint density at radius 3 is 2.51 bits per heavy atom. The number of nitrogens with one attached hydrogen (secondary N) is 1. The molecule has 15 heteroatoms. The summed E-state index contributed by atoms with van der Waals surface area (Å²) >= 11 is 6.45. The average molecular weight is 586 g/mol. The fourth-order valence-electron chi connectivity index (χ4n) is 4.19. The average Bonchev–Trinajstić information content (AvgIpc) is 3.33. The van der Waals surface area contributed by atoms with E-state index in [1.54, 1.807) is 25.2 Å². The van der Waals surface area contributed by atoms with E-state index in [4.69, 9.17) is 11.6 Å². The first-order chi connectivity index (χ1) is 18.2. The Morgan fingerprint density at radius 1 is 1.23 bits per heavy atom. The molecule has 210 valence electrons. The first-order valence-corrected chi connectivity index (χ1v) is 14.2. The molecule has 0 unspecified atom stereocenters. The van der Waals surface area contributed by atoms with Crippen LogP contribution >= 0.6 is 11.6 Å². The van der Waals surface area contributed by atoms with Crippen molar-refractivity contribution in [3.63, 3.8) is 0 Å². The molecule has 0 bridgehead atoms. The molecule has 0 atom stereocenters. The smallest absolute Gasteiger partial charge is 0.351 e. The zero-order valence-electron chi connectivity index (χ0n) is 21.4. The molecule has 1 aromatic carbocycles. The van der Waals surface area contributed by atoms with Crippen LogP contribution in [0, 0.1) is 0 Å². The molecule has 0 aliphatic carbocycles. The largest absolute Gasteiger partial charge is 0.420 e. The minimum atomic E-state index is -4.72. The number of alkyl halides is 3. The van der Waals surface area contributed by atoms with Gasteiger partial charge >= 0.3 is 6.18 Å². The molecule has 1 amide bonds. The van der Waals surface area contributed by atoms with Crippen LogP contribution in [0.4, 0.5) is 19.1 Å². The van der Waals surface area contributed by atoms with Gasteiger partial charge in [0, 0.05) is 52.0 Å². The van der Waals surface area contributed by atoms with Gasteiger partial charge in [-0.2, -0.15) is 13.2 Å². The number of halogens is 4. The van der Waals surface area contributed by atoms with Crippen molar-refractivity contribution < 1.29 is 26.4 Å². The summed E-state index contributed by atoms with van der Waals surface area (Å²) in [4.78, 5) is 25.2. The van der Waals surface area contributed by atoms with E-state index >= 15 is 0 Å². The Labute approximate surface area is 228 Å². The molecule has 2 aromatic heterocycles. The van der Waals surface area contributed by atoms with Gasteiger partial charge < -0.3 is 14.8 Å². The third kappa shape index (κ3) is 6.86. The molecule has 3 heterocycles. The minimum absolute atomic E-state index is 0.0117. The number of hydrogen-bond acceptors (Lipinski definition) is 7. The molecule has 1 N–H and O–H groups in total. The van der Waals surface area contributed by atoms with Gasteiger partial charge in [0.2, 0.25) is 21.9 Å². The first-order valence-electron chi connectivity index (χ1n) is 11.9. The maximum atomic E-state index is 13.8. The summed E-state index contributed by atoms with van der Waals surface area (Å²) < 4.78 is 67.8. The number of carbonyl (C=O) groups excluding carboxylic acids is 1. The van der Waals surface area contributed by atoms with Crippen LogP contribution < -0.4 is 5.32 Å². The molecule has 39 heavy (non-hydrogen) atoms. The number of nitrogens with zero attached hydrogens (tertiary/aromatic N) is 6. The number of rotatable bonds is 7. The van der Waals surface area contributed by atoms with Crippen LogP contribution in [0.2, 0.25) is 5.02 Å². The summed E-state index contributed by atoms with van der Waals surface area (Å²) in [6.45, 7) is 2.38. The molecule has 0 radical (unpaired) electrons. The van der Waals surface area contributed by atoms with E-state index in [0.717, 1.165) is 11.8 Å². The van der Waals surface area contributed by atoms with Crippen molar-refractivity contribution in [2.24, 2.45) is 0 Å². The van der Waals surface area contributed by atoms with E-state index in [2.05, 4.69) is 20.3 Å². The van der Waals surface area contributed by atoms with E-state index in [9.17, 15) is 26.4 Å². The van der Waals surface area contributed by atoms with Crippen LogP contribution in [0.1, 0.15) is 30.9 Å². The van der Waals surface area contributed by atoms with Gasteiger partial charge in [-0.05, 0) is 30.5 Å². The third-order valence-corrected chi connectivity index (χ3v) is 8.03. The molecule has 1 aliphatic heterocycles. The maximum Gasteiger partial charge on any atom is 0.420 e. The van der Waals surface area contributed by atoms with Gasteiger partial charge in [0.15, 0.2) is 0 Å². The van der Waals surface area contributed by atoms with Crippen LogP contribution in [-0.2, 0) is 27.5 Å². The van der Waals surface area contributed by atoms with Gasteiger partial charge in [0.1, 0.15) is 23.3 Å². The summed E-state index contributed by atoms with van der Waals surface area (Å²) in [6, 6.07) is 4.93. The lowest BCUT2D eigenvalue weighted by atomic mass is 10.1. The summed E-state index contributed by atoms with van der Waals surface area (Å²) in [5.74, 6) is -0.115. The van der Waals surface area contributed by atoms with Gasteiger partial charge in [-0.3, -0.25) is 4.79 Å². The van der Waals surface area contributed by atoms with Crippen molar-refractivity contribution >= 4 is 33.5 Å². The number of piperidine rings is 1. The summed E-state index contributed by atoms with van der Waals surface area (Å²) in [6.07, 6.45) is 0.780. The Hall–Kier alpha value is -3.23. The Bertz CT molecular complexity index is 1470. The number of sulfonamides is 1. The van der Waals surface area contributed by atoms with E-state index in [1.807, 2.05) is 0 Å². The predicted molar refractivity (Wildman–Crippen MR) is 140 cm³/mol. The van der Waals surface area contributed by atoms with E-state index in [0.29, 0.717) is 49.4 Å². The lowest BCUT2D eigenvalue weighted by Crippen LogP contribution is -2.42. The van der Waals surface area contributed by atoms with Crippen molar-refractivity contribution in [2.75, 3.05) is 31.7 Å². The first kappa shape index (κ1) is 28.8. The molecule has 1 fully saturated rings. The zero-order chi connectivity index (χ0) is 28.5. The summed E-state index contributed by atoms with van der Waals surface area (Å²) in [5.41, 5.74) is -0.198. The molecular weight excluding hydrogens is 559 g/mol. The van der Waals surface area contributed by atoms with Gasteiger partial charge in [-0.15, -0.1) is 0 Å². The van der Waals surface area contributed by atoms with Gasteiger partial charge in [0.25, 0.3) is 0 Å². The number of anilines is 1. The molecule has 4 rings (SSSR count). The van der Waals surface area contributed by atoms with Crippen molar-refractivity contribution in [1.82, 2.24) is 28.7 Å². The van der Waals surface area contributed by atoms with Crippen LogP contribution in [0.15, 0.2) is 36.9 Å². The van der Waals surface area contributed by atoms with Crippen LogP contribution in [0.3, 0.4) is 0 Å². The van der Waals surface area contributed by atoms with Crippen molar-refractivity contribution in [2.45, 2.75) is 38.5 Å². The Balaban J connectivity index is 1.59. The molecular formula is C24H27ClF3N7O3S. The third-order valence-electron chi connectivity index (χ3n) is 6.42. The second-order valence-electron chi connectivity index (χ2n) is 9.36. The fraction of sp³-hybridized carbons (Fsp3) is 0.417. The lowest BCUT2D eigenvalue weighted by molar-refractivity contribution is -0.137. The van der Waals surface area contributed by atoms with Crippen LogP contribution in [-0.4, -0.2) is 75.5 Å². The molecule has 0 spiro atoms. The number of amides is 1. The van der Waals surface area contributed by atoms with Crippen LogP contribution in [0.25, 0.3) is 17.1 Å². The zero-order valence-corrected chi connectivity index (χ0v) is 23.0. The number of hydrogen-bond donors (Lipinski definition) is 1. The van der Waals surface area contributed by atoms with Crippen molar-refractivity contribution in [1.29, 1.82) is 0 Å². The van der Waals surface area contributed by atoms with Gasteiger partial charge in [-0.1, -0.05) is 17.7 Å². The SMILES string of the molecule is CC(=O)N(C)Cc1ccc(-n2cnc(-c3nc(NC4CCN(S(C)(=O)=O)CC4)ncc3C(F)(F)F)c2)c(Cl)c1. The normalized spacial score (nSPS) is 15.4. The standard InChI is InChI=1S/C24H27ClF3N7O3S/c1-15(36)33(2)12-16-4-5-21(19(25)10-16)34-13-20(30-14-34)22-18(24(26,27)28)11-29-23(32-22)31-17-6-8-35(9-7-17)39(3,37)38/h4-5,10-11,13-14,17H,6-9,12H2,1-3H3,(H,29,31,32). The van der Waals surface area contributed by atoms with E-state index in [1.165, 1.54) is 33.2 Å². The Kier molecular flexibility index (Phi) is 8.19. The van der Waals surface area contributed by atoms with E-state index in [-0.39, 0.29) is 23.6 Å². The topological polar surface area (TPSA) is 113 Å². The minimum Gasteiger partial charge on any atom is -0.351 e. The monoisotopic (exact) mass is 585 g/mol. The highest BCUT2D eigenvalue weighted by atomic mass is 35.5. The lowest BCUT2D eigenvalue weighted by Gasteiger charge is -2.30. The molecule has 1 aliphatic rings. The Morgan fingerprint density at radius 2 is 1.92 bits per heavy atom. The predicted octanol–water partition coefficient (Wildman–Crippen LogP) is 3.82. The highest BCUT2D eigenvalue weighted by Gasteiger charge is 2.36. The molecule has 1 saturated heterocycles. The second-order valence-corrected chi connectivity index (χ2v) is 11.8. The highest BCUT2D eigenvalue weighted by Crippen LogP contribution is 2.36. The summed E-state index contributed by atoms with van der Waals surface area (Å²) in [5, 5.41) is 3.35. The number of imidazole rings is 1. The quantitative estimate of drug-likeness (QED) is 0.448. The molecule has 3 aromatic rings.